The van der Waals surface area contributed by atoms with E-state index in [9.17, 15) is 9.18 Å². The number of benzene rings is 1. The summed E-state index contributed by atoms with van der Waals surface area (Å²) in [7, 11) is 0. The maximum atomic E-state index is 13.6. The Hall–Kier alpha value is -2.37. The van der Waals surface area contributed by atoms with Gasteiger partial charge < -0.3 is 10.5 Å². The van der Waals surface area contributed by atoms with Crippen molar-refractivity contribution in [3.63, 3.8) is 0 Å². The molecule has 0 bridgehead atoms. The summed E-state index contributed by atoms with van der Waals surface area (Å²) in [4.78, 5) is 11.8. The highest BCUT2D eigenvalue weighted by molar-refractivity contribution is 5.90. The quantitative estimate of drug-likeness (QED) is 0.687. The molecule has 0 spiro atoms. The smallest absolute Gasteiger partial charge is 0.341 e. The molecular weight excluding hydrogens is 261 g/mol. The molecule has 0 fully saturated rings. The monoisotopic (exact) mass is 277 g/mol. The zero-order valence-electron chi connectivity index (χ0n) is 11.4. The van der Waals surface area contributed by atoms with Crippen molar-refractivity contribution in [2.45, 2.75) is 27.0 Å². The number of carbonyl (C=O) groups excluding carboxylic acids is 1. The number of halogens is 1. The molecule has 2 N–H and O–H groups in total. The first-order valence-corrected chi connectivity index (χ1v) is 6.26. The van der Waals surface area contributed by atoms with Crippen LogP contribution >= 0.6 is 0 Å². The first-order valence-electron chi connectivity index (χ1n) is 6.26. The molecule has 0 amide bonds. The average Bonchev–Trinajstić information content (AvgIpc) is 2.76. The van der Waals surface area contributed by atoms with Crippen molar-refractivity contribution >= 4 is 11.7 Å². The molecule has 0 radical (unpaired) electrons. The predicted molar refractivity (Wildman–Crippen MR) is 72.6 cm³/mol. The van der Waals surface area contributed by atoms with E-state index in [0.29, 0.717) is 6.54 Å². The zero-order chi connectivity index (χ0) is 14.7. The average molecular weight is 277 g/mol. The second-order valence-corrected chi connectivity index (χ2v) is 4.41. The third-order valence-corrected chi connectivity index (χ3v) is 2.85. The van der Waals surface area contributed by atoms with Gasteiger partial charge in [-0.15, -0.1) is 0 Å². The normalized spacial score (nSPS) is 10.6. The second-order valence-electron chi connectivity index (χ2n) is 4.41. The number of hydrogen-bond acceptors (Lipinski definition) is 4. The lowest BCUT2D eigenvalue weighted by molar-refractivity contribution is 0.0457. The van der Waals surface area contributed by atoms with Gasteiger partial charge in [0.2, 0.25) is 0 Å². The van der Waals surface area contributed by atoms with Crippen molar-refractivity contribution in [2.75, 3.05) is 5.73 Å². The number of anilines is 1. The van der Waals surface area contributed by atoms with E-state index in [1.165, 1.54) is 12.1 Å². The molecule has 6 heteroatoms. The lowest BCUT2D eigenvalue weighted by Gasteiger charge is -2.07. The fourth-order valence-corrected chi connectivity index (χ4v) is 1.90. The summed E-state index contributed by atoms with van der Waals surface area (Å²) in [5, 5.41) is 4.24. The Bertz CT molecular complexity index is 637. The van der Waals surface area contributed by atoms with Crippen LogP contribution in [-0.2, 0) is 17.9 Å². The van der Waals surface area contributed by atoms with Crippen LogP contribution in [0.4, 0.5) is 10.1 Å². The summed E-state index contributed by atoms with van der Waals surface area (Å²) < 4.78 is 20.4. The van der Waals surface area contributed by atoms with Crippen LogP contribution in [0.3, 0.4) is 0 Å². The minimum Gasteiger partial charge on any atom is -0.456 e. The highest BCUT2D eigenvalue weighted by atomic mass is 19.1. The van der Waals surface area contributed by atoms with E-state index in [1.54, 1.807) is 4.68 Å². The van der Waals surface area contributed by atoms with Gasteiger partial charge in [0.25, 0.3) is 0 Å². The Balaban J connectivity index is 2.08. The van der Waals surface area contributed by atoms with E-state index in [2.05, 4.69) is 5.10 Å². The number of carbonyl (C=O) groups is 1. The largest absolute Gasteiger partial charge is 0.456 e. The minimum atomic E-state index is -0.719. The van der Waals surface area contributed by atoms with Gasteiger partial charge in [-0.1, -0.05) is 0 Å². The summed E-state index contributed by atoms with van der Waals surface area (Å²) in [5.74, 6) is -1.40. The summed E-state index contributed by atoms with van der Waals surface area (Å²) >= 11 is 0. The SMILES string of the molecule is CCn1nc(C)cc1COC(=O)c1ccc(N)cc1F. The number of esters is 1. The van der Waals surface area contributed by atoms with Crippen LogP contribution in [0.1, 0.15) is 28.7 Å². The molecule has 2 rings (SSSR count). The molecular formula is C14H16FN3O2. The standard InChI is InChI=1S/C14H16FN3O2/c1-3-18-11(6-9(2)17-18)8-20-14(19)12-5-4-10(16)7-13(12)15/h4-7H,3,8,16H2,1-2H3. The number of aromatic nitrogens is 2. The summed E-state index contributed by atoms with van der Waals surface area (Å²) in [6.45, 7) is 4.53. The summed E-state index contributed by atoms with van der Waals surface area (Å²) in [5.41, 5.74) is 7.18. The number of aryl methyl sites for hydroxylation is 2. The Labute approximate surface area is 116 Å². The van der Waals surface area contributed by atoms with E-state index in [4.69, 9.17) is 10.5 Å². The van der Waals surface area contributed by atoms with E-state index in [-0.39, 0.29) is 17.9 Å². The molecule has 0 saturated carbocycles. The molecule has 0 saturated heterocycles. The number of ether oxygens (including phenoxy) is 1. The van der Waals surface area contributed by atoms with E-state index in [1.807, 2.05) is 19.9 Å². The molecule has 1 aromatic carbocycles. The zero-order valence-corrected chi connectivity index (χ0v) is 11.4. The van der Waals surface area contributed by atoms with Gasteiger partial charge in [0.1, 0.15) is 12.4 Å². The van der Waals surface area contributed by atoms with Crippen molar-refractivity contribution in [3.8, 4) is 0 Å². The van der Waals surface area contributed by atoms with Crippen LogP contribution in [0, 0.1) is 12.7 Å². The molecule has 0 aliphatic heterocycles. The minimum absolute atomic E-state index is 0.0529. The highest BCUT2D eigenvalue weighted by Crippen LogP contribution is 2.14. The summed E-state index contributed by atoms with van der Waals surface area (Å²) in [6, 6.07) is 5.70. The maximum absolute atomic E-state index is 13.6. The third-order valence-electron chi connectivity index (χ3n) is 2.85. The summed E-state index contributed by atoms with van der Waals surface area (Å²) in [6.07, 6.45) is 0. The molecule has 20 heavy (non-hydrogen) atoms. The molecule has 1 heterocycles. The molecule has 0 aliphatic rings. The molecule has 0 unspecified atom stereocenters. The van der Waals surface area contributed by atoms with E-state index < -0.39 is 11.8 Å². The van der Waals surface area contributed by atoms with E-state index in [0.717, 1.165) is 17.5 Å². The van der Waals surface area contributed by atoms with Crippen LogP contribution in [0.2, 0.25) is 0 Å². The van der Waals surface area contributed by atoms with Gasteiger partial charge in [0.15, 0.2) is 0 Å². The number of rotatable bonds is 4. The van der Waals surface area contributed by atoms with Gasteiger partial charge in [0.05, 0.1) is 17.0 Å². The van der Waals surface area contributed by atoms with Crippen molar-refractivity contribution in [3.05, 3.63) is 47.0 Å². The third kappa shape index (κ3) is 2.96. The van der Waals surface area contributed by atoms with Crippen LogP contribution < -0.4 is 5.73 Å². The lowest BCUT2D eigenvalue weighted by Crippen LogP contribution is -2.11. The van der Waals surface area contributed by atoms with Gasteiger partial charge in [-0.2, -0.15) is 5.10 Å². The molecule has 2 aromatic rings. The van der Waals surface area contributed by atoms with Crippen LogP contribution in [0.5, 0.6) is 0 Å². The number of nitrogens with two attached hydrogens (primary N) is 1. The molecule has 106 valence electrons. The molecule has 0 atom stereocenters. The predicted octanol–water partition coefficient (Wildman–Crippen LogP) is 2.29. The molecule has 0 aliphatic carbocycles. The Kier molecular flexibility index (Phi) is 4.02. The Morgan fingerprint density at radius 3 is 2.85 bits per heavy atom. The van der Waals surface area contributed by atoms with Crippen molar-refractivity contribution in [1.82, 2.24) is 9.78 Å². The fourth-order valence-electron chi connectivity index (χ4n) is 1.90. The highest BCUT2D eigenvalue weighted by Gasteiger charge is 2.14. The number of nitrogen functional groups attached to an aromatic ring is 1. The van der Waals surface area contributed by atoms with Crippen LogP contribution in [-0.4, -0.2) is 15.7 Å². The van der Waals surface area contributed by atoms with Gasteiger partial charge in [0, 0.05) is 12.2 Å². The van der Waals surface area contributed by atoms with Gasteiger partial charge in [-0.3, -0.25) is 4.68 Å². The van der Waals surface area contributed by atoms with Crippen LogP contribution in [0.25, 0.3) is 0 Å². The van der Waals surface area contributed by atoms with E-state index >= 15 is 0 Å². The van der Waals surface area contributed by atoms with Crippen molar-refractivity contribution < 1.29 is 13.9 Å². The van der Waals surface area contributed by atoms with Crippen LogP contribution in [0.15, 0.2) is 24.3 Å². The van der Waals surface area contributed by atoms with Gasteiger partial charge >= 0.3 is 5.97 Å². The number of hydrogen-bond donors (Lipinski definition) is 1. The lowest BCUT2D eigenvalue weighted by atomic mass is 10.2. The fraction of sp³-hybridized carbons (Fsp3) is 0.286. The molecule has 5 nitrogen and oxygen atoms in total. The second kappa shape index (κ2) is 5.73. The first kappa shape index (κ1) is 14.0. The topological polar surface area (TPSA) is 70.1 Å². The Morgan fingerprint density at radius 2 is 2.20 bits per heavy atom. The van der Waals surface area contributed by atoms with Crippen molar-refractivity contribution in [1.29, 1.82) is 0 Å². The molecule has 1 aromatic heterocycles. The number of nitrogens with zero attached hydrogens (tertiary/aromatic N) is 2. The first-order chi connectivity index (χ1) is 9.51. The van der Waals surface area contributed by atoms with Gasteiger partial charge in [-0.25, -0.2) is 9.18 Å². The van der Waals surface area contributed by atoms with Gasteiger partial charge in [-0.05, 0) is 38.1 Å². The maximum Gasteiger partial charge on any atom is 0.341 e. The van der Waals surface area contributed by atoms with Crippen molar-refractivity contribution in [2.24, 2.45) is 0 Å². The Morgan fingerprint density at radius 1 is 1.45 bits per heavy atom.